The van der Waals surface area contributed by atoms with Crippen molar-refractivity contribution in [3.63, 3.8) is 0 Å². The molecule has 0 spiro atoms. The van der Waals surface area contributed by atoms with Gasteiger partial charge in [-0.25, -0.2) is 4.79 Å². The van der Waals surface area contributed by atoms with Gasteiger partial charge in [-0.15, -0.1) is 0 Å². The molecule has 0 radical (unpaired) electrons. The first kappa shape index (κ1) is 14.9. The summed E-state index contributed by atoms with van der Waals surface area (Å²) in [4.78, 5) is 15.9. The summed E-state index contributed by atoms with van der Waals surface area (Å²) in [6, 6.07) is 2.28. The summed E-state index contributed by atoms with van der Waals surface area (Å²) < 4.78 is 1.77. The van der Waals surface area contributed by atoms with Crippen molar-refractivity contribution < 1.29 is 0 Å². The molecule has 0 saturated carbocycles. The largest absolute Gasteiger partial charge is 0.348 e. The van der Waals surface area contributed by atoms with Crippen molar-refractivity contribution in [1.29, 1.82) is 0 Å². The maximum absolute atomic E-state index is 11.9. The molecule has 102 valence electrons. The van der Waals surface area contributed by atoms with E-state index in [0.717, 1.165) is 24.4 Å². The molecule has 2 unspecified atom stereocenters. The summed E-state index contributed by atoms with van der Waals surface area (Å²) in [5.41, 5.74) is 1.63. The summed E-state index contributed by atoms with van der Waals surface area (Å²) in [5, 5.41) is 3.46. The highest BCUT2D eigenvalue weighted by molar-refractivity contribution is 5.06. The minimum absolute atomic E-state index is 0.140. The van der Waals surface area contributed by atoms with E-state index >= 15 is 0 Å². The molecule has 1 N–H and O–H groups in total. The maximum Gasteiger partial charge on any atom is 0.348 e. The average molecular weight is 251 g/mol. The van der Waals surface area contributed by atoms with E-state index in [1.807, 2.05) is 19.9 Å². The van der Waals surface area contributed by atoms with Gasteiger partial charge in [-0.1, -0.05) is 27.2 Å². The number of hydrogen-bond donors (Lipinski definition) is 1. The molecule has 0 aliphatic heterocycles. The molecule has 4 nitrogen and oxygen atoms in total. The number of aromatic nitrogens is 2. The summed E-state index contributed by atoms with van der Waals surface area (Å²) >= 11 is 0. The van der Waals surface area contributed by atoms with Crippen molar-refractivity contribution in [3.8, 4) is 0 Å². The monoisotopic (exact) mass is 251 g/mol. The predicted octanol–water partition coefficient (Wildman–Crippen LogP) is 1.88. The fourth-order valence-corrected chi connectivity index (χ4v) is 2.19. The Kier molecular flexibility index (Phi) is 5.54. The Hall–Kier alpha value is -1.16. The molecular weight excluding hydrogens is 226 g/mol. The van der Waals surface area contributed by atoms with Gasteiger partial charge in [0.2, 0.25) is 0 Å². The fraction of sp³-hybridized carbons (Fsp3) is 0.714. The zero-order valence-corrected chi connectivity index (χ0v) is 12.2. The Bertz CT molecular complexity index is 439. The van der Waals surface area contributed by atoms with Gasteiger partial charge in [-0.3, -0.25) is 4.57 Å². The van der Waals surface area contributed by atoms with E-state index < -0.39 is 0 Å². The average Bonchev–Trinajstić information content (AvgIpc) is 2.31. The molecule has 18 heavy (non-hydrogen) atoms. The number of aryl methyl sites for hydroxylation is 2. The molecule has 0 amide bonds. The van der Waals surface area contributed by atoms with Crippen molar-refractivity contribution in [2.75, 3.05) is 6.54 Å². The van der Waals surface area contributed by atoms with Crippen LogP contribution in [-0.4, -0.2) is 22.1 Å². The minimum atomic E-state index is -0.140. The van der Waals surface area contributed by atoms with Crippen molar-refractivity contribution in [2.45, 2.75) is 53.6 Å². The van der Waals surface area contributed by atoms with E-state index in [1.165, 1.54) is 0 Å². The van der Waals surface area contributed by atoms with E-state index in [9.17, 15) is 4.79 Å². The van der Waals surface area contributed by atoms with Crippen molar-refractivity contribution in [1.82, 2.24) is 14.9 Å². The molecule has 2 atom stereocenters. The van der Waals surface area contributed by atoms with Gasteiger partial charge >= 0.3 is 5.69 Å². The van der Waals surface area contributed by atoms with E-state index in [-0.39, 0.29) is 5.69 Å². The van der Waals surface area contributed by atoms with Crippen molar-refractivity contribution in [3.05, 3.63) is 27.9 Å². The van der Waals surface area contributed by atoms with E-state index in [4.69, 9.17) is 0 Å². The van der Waals surface area contributed by atoms with Gasteiger partial charge < -0.3 is 5.32 Å². The predicted molar refractivity (Wildman–Crippen MR) is 74.9 cm³/mol. The number of likely N-dealkylation sites (N-methyl/N-ethyl adjacent to an activating group) is 1. The third-order valence-corrected chi connectivity index (χ3v) is 3.52. The minimum Gasteiger partial charge on any atom is -0.312 e. The Morgan fingerprint density at radius 3 is 2.56 bits per heavy atom. The topological polar surface area (TPSA) is 46.9 Å². The van der Waals surface area contributed by atoms with Crippen LogP contribution in [0.1, 0.15) is 38.6 Å². The fourth-order valence-electron chi connectivity index (χ4n) is 2.19. The molecule has 1 rings (SSSR count). The standard InChI is InChI=1S/C14H25N3O/c1-6-10(3)13(15-7-2)9-17-12(5)8-11(4)16-14(17)18/h8,10,13,15H,6-7,9H2,1-5H3. The first-order valence-corrected chi connectivity index (χ1v) is 6.78. The highest BCUT2D eigenvalue weighted by Gasteiger charge is 2.17. The summed E-state index contributed by atoms with van der Waals surface area (Å²) in [6.45, 7) is 11.9. The molecule has 1 aromatic heterocycles. The smallest absolute Gasteiger partial charge is 0.312 e. The van der Waals surface area contributed by atoms with E-state index in [0.29, 0.717) is 18.5 Å². The number of hydrogen-bond acceptors (Lipinski definition) is 3. The Labute approximate surface area is 109 Å². The Balaban J connectivity index is 2.97. The number of nitrogens with zero attached hydrogens (tertiary/aromatic N) is 2. The quantitative estimate of drug-likeness (QED) is 0.840. The zero-order chi connectivity index (χ0) is 13.7. The van der Waals surface area contributed by atoms with Crippen LogP contribution in [0.25, 0.3) is 0 Å². The normalized spacial score (nSPS) is 14.5. The molecular formula is C14H25N3O. The van der Waals surface area contributed by atoms with Gasteiger partial charge in [-0.05, 0) is 32.4 Å². The van der Waals surface area contributed by atoms with Gasteiger partial charge in [0, 0.05) is 24.0 Å². The second-order valence-electron chi connectivity index (χ2n) is 4.98. The highest BCUT2D eigenvalue weighted by atomic mass is 16.1. The van der Waals surface area contributed by atoms with Crippen LogP contribution in [0.5, 0.6) is 0 Å². The second-order valence-corrected chi connectivity index (χ2v) is 4.98. The molecule has 0 aliphatic carbocycles. The molecule has 0 aromatic carbocycles. The number of nitrogens with one attached hydrogen (secondary N) is 1. The van der Waals surface area contributed by atoms with Crippen LogP contribution in [0.4, 0.5) is 0 Å². The SMILES string of the molecule is CCNC(Cn1c(C)cc(C)nc1=O)C(C)CC. The lowest BCUT2D eigenvalue weighted by molar-refractivity contribution is 0.327. The van der Waals surface area contributed by atoms with Crippen LogP contribution in [0.2, 0.25) is 0 Å². The second kappa shape index (κ2) is 6.69. The molecule has 0 aliphatic rings. The molecule has 4 heteroatoms. The van der Waals surface area contributed by atoms with Crippen molar-refractivity contribution >= 4 is 0 Å². The van der Waals surface area contributed by atoms with Gasteiger partial charge in [0.1, 0.15) is 0 Å². The van der Waals surface area contributed by atoms with Gasteiger partial charge in [0.15, 0.2) is 0 Å². The van der Waals surface area contributed by atoms with Gasteiger partial charge in [-0.2, -0.15) is 4.98 Å². The van der Waals surface area contributed by atoms with Gasteiger partial charge in [0.25, 0.3) is 0 Å². The van der Waals surface area contributed by atoms with Crippen LogP contribution in [0, 0.1) is 19.8 Å². The third-order valence-electron chi connectivity index (χ3n) is 3.52. The van der Waals surface area contributed by atoms with Crippen LogP contribution in [0.15, 0.2) is 10.9 Å². The Morgan fingerprint density at radius 1 is 1.39 bits per heavy atom. The van der Waals surface area contributed by atoms with Gasteiger partial charge in [0.05, 0.1) is 0 Å². The molecule has 0 saturated heterocycles. The summed E-state index contributed by atoms with van der Waals surface area (Å²) in [7, 11) is 0. The Morgan fingerprint density at radius 2 is 2.06 bits per heavy atom. The lowest BCUT2D eigenvalue weighted by Gasteiger charge is -2.25. The molecule has 1 heterocycles. The summed E-state index contributed by atoms with van der Waals surface area (Å²) in [6.07, 6.45) is 1.10. The lowest BCUT2D eigenvalue weighted by Crippen LogP contribution is -2.42. The van der Waals surface area contributed by atoms with Crippen molar-refractivity contribution in [2.24, 2.45) is 5.92 Å². The molecule has 0 fully saturated rings. The van der Waals surface area contributed by atoms with Crippen LogP contribution in [-0.2, 0) is 6.54 Å². The maximum atomic E-state index is 11.9. The van der Waals surface area contributed by atoms with E-state index in [1.54, 1.807) is 4.57 Å². The van der Waals surface area contributed by atoms with E-state index in [2.05, 4.69) is 31.1 Å². The first-order valence-electron chi connectivity index (χ1n) is 6.78. The first-order chi connectivity index (χ1) is 8.49. The van der Waals surface area contributed by atoms with Crippen LogP contribution < -0.4 is 11.0 Å². The summed E-state index contributed by atoms with van der Waals surface area (Å²) in [5.74, 6) is 0.539. The highest BCUT2D eigenvalue weighted by Crippen LogP contribution is 2.10. The lowest BCUT2D eigenvalue weighted by atomic mass is 9.99. The van der Waals surface area contributed by atoms with Crippen LogP contribution >= 0.6 is 0 Å². The molecule has 0 bridgehead atoms. The zero-order valence-electron chi connectivity index (χ0n) is 12.2. The third kappa shape index (κ3) is 3.67. The van der Waals surface area contributed by atoms with Crippen LogP contribution in [0.3, 0.4) is 0 Å². The molecule has 1 aromatic rings. The number of rotatable bonds is 6.